The summed E-state index contributed by atoms with van der Waals surface area (Å²) in [5.74, 6) is 0.464. The van der Waals surface area contributed by atoms with Crippen LogP contribution in [0.3, 0.4) is 0 Å². The van der Waals surface area contributed by atoms with Crippen LogP contribution in [0.2, 0.25) is 0 Å². The van der Waals surface area contributed by atoms with Crippen molar-refractivity contribution >= 4 is 16.9 Å². The molecule has 0 saturated heterocycles. The molecule has 29 heavy (non-hydrogen) atoms. The van der Waals surface area contributed by atoms with Crippen LogP contribution in [0.5, 0.6) is 5.88 Å². The average Bonchev–Trinajstić information content (AvgIpc) is 2.72. The zero-order valence-corrected chi connectivity index (χ0v) is 17.7. The van der Waals surface area contributed by atoms with E-state index in [1.807, 2.05) is 26.0 Å². The molecule has 0 amide bonds. The topological polar surface area (TPSA) is 48.4 Å². The molecule has 0 aliphatic rings. The minimum absolute atomic E-state index is 0.168. The van der Waals surface area contributed by atoms with Gasteiger partial charge in [-0.1, -0.05) is 36.4 Å². The number of benzene rings is 2. The largest absolute Gasteiger partial charge is 0.478 e. The summed E-state index contributed by atoms with van der Waals surface area (Å²) in [6.45, 7) is 6.52. The van der Waals surface area contributed by atoms with E-state index in [1.54, 1.807) is 0 Å². The molecule has 1 aromatic heterocycles. The van der Waals surface area contributed by atoms with Gasteiger partial charge in [-0.3, -0.25) is 4.79 Å². The minimum atomic E-state index is -0.456. The Kier molecular flexibility index (Phi) is 6.53. The first-order valence-corrected chi connectivity index (χ1v) is 10.1. The average molecular weight is 392 g/mol. The molecular formula is C25H29NO3. The number of nitrogens with zero attached hydrogens (tertiary/aromatic N) is 1. The van der Waals surface area contributed by atoms with Crippen molar-refractivity contribution in [1.82, 2.24) is 4.98 Å². The van der Waals surface area contributed by atoms with E-state index in [0.717, 1.165) is 35.7 Å². The van der Waals surface area contributed by atoms with E-state index in [9.17, 15) is 4.79 Å². The van der Waals surface area contributed by atoms with Gasteiger partial charge in [0, 0.05) is 11.5 Å². The molecule has 3 rings (SSSR count). The maximum absolute atomic E-state index is 11.7. The van der Waals surface area contributed by atoms with Crippen LogP contribution in [0.15, 0.2) is 54.6 Å². The SMILES string of the molecule is COC(=O)C(C)(C)CCCCOc1ccc2ccc(-c3ccccc3C)cc2n1. The van der Waals surface area contributed by atoms with Crippen LogP contribution in [-0.4, -0.2) is 24.7 Å². The second kappa shape index (κ2) is 9.08. The summed E-state index contributed by atoms with van der Waals surface area (Å²) in [7, 11) is 1.43. The summed E-state index contributed by atoms with van der Waals surface area (Å²) < 4.78 is 10.7. The molecule has 0 unspecified atom stereocenters. The third-order valence-electron chi connectivity index (χ3n) is 5.31. The number of ether oxygens (including phenoxy) is 2. The van der Waals surface area contributed by atoms with Crippen LogP contribution in [0, 0.1) is 12.3 Å². The third kappa shape index (κ3) is 5.14. The summed E-state index contributed by atoms with van der Waals surface area (Å²) >= 11 is 0. The number of carbonyl (C=O) groups is 1. The second-order valence-electron chi connectivity index (χ2n) is 8.05. The van der Waals surface area contributed by atoms with Crippen molar-refractivity contribution in [3.8, 4) is 17.0 Å². The molecule has 0 aliphatic carbocycles. The summed E-state index contributed by atoms with van der Waals surface area (Å²) in [4.78, 5) is 16.4. The highest BCUT2D eigenvalue weighted by molar-refractivity contribution is 5.85. The second-order valence-corrected chi connectivity index (χ2v) is 8.05. The maximum atomic E-state index is 11.7. The smallest absolute Gasteiger partial charge is 0.311 e. The van der Waals surface area contributed by atoms with E-state index in [-0.39, 0.29) is 5.97 Å². The Morgan fingerprint density at radius 1 is 1.03 bits per heavy atom. The summed E-state index contributed by atoms with van der Waals surface area (Å²) in [5, 5.41) is 1.09. The van der Waals surface area contributed by atoms with Crippen molar-refractivity contribution in [2.24, 2.45) is 5.41 Å². The van der Waals surface area contributed by atoms with E-state index in [0.29, 0.717) is 12.5 Å². The first-order chi connectivity index (χ1) is 13.9. The molecule has 0 N–H and O–H groups in total. The fourth-order valence-electron chi connectivity index (χ4n) is 3.47. The Morgan fingerprint density at radius 3 is 2.55 bits per heavy atom. The number of unbranched alkanes of at least 4 members (excludes halogenated alkanes) is 1. The number of methoxy groups -OCH3 is 1. The molecule has 0 spiro atoms. The summed E-state index contributed by atoms with van der Waals surface area (Å²) in [6, 6.07) is 18.7. The highest BCUT2D eigenvalue weighted by atomic mass is 16.5. The molecule has 0 radical (unpaired) electrons. The van der Waals surface area contributed by atoms with E-state index >= 15 is 0 Å². The van der Waals surface area contributed by atoms with Gasteiger partial charge in [-0.05, 0) is 68.9 Å². The van der Waals surface area contributed by atoms with Gasteiger partial charge in [0.25, 0.3) is 0 Å². The Morgan fingerprint density at radius 2 is 1.79 bits per heavy atom. The predicted octanol–water partition coefficient (Wildman–Crippen LogP) is 5.96. The highest BCUT2D eigenvalue weighted by Gasteiger charge is 2.27. The van der Waals surface area contributed by atoms with E-state index in [4.69, 9.17) is 9.47 Å². The minimum Gasteiger partial charge on any atom is -0.478 e. The molecule has 1 heterocycles. The molecule has 4 heteroatoms. The van der Waals surface area contributed by atoms with Gasteiger partial charge < -0.3 is 9.47 Å². The maximum Gasteiger partial charge on any atom is 0.311 e. The lowest BCUT2D eigenvalue weighted by molar-refractivity contribution is -0.151. The van der Waals surface area contributed by atoms with Crippen molar-refractivity contribution < 1.29 is 14.3 Å². The predicted molar refractivity (Wildman–Crippen MR) is 117 cm³/mol. The number of pyridine rings is 1. The normalized spacial score (nSPS) is 11.4. The number of carbonyl (C=O) groups excluding carboxylic acids is 1. The number of fused-ring (bicyclic) bond motifs is 1. The van der Waals surface area contributed by atoms with Crippen molar-refractivity contribution in [2.75, 3.05) is 13.7 Å². The van der Waals surface area contributed by atoms with Gasteiger partial charge in [-0.15, -0.1) is 0 Å². The van der Waals surface area contributed by atoms with E-state index < -0.39 is 5.41 Å². The van der Waals surface area contributed by atoms with Crippen LogP contribution in [-0.2, 0) is 9.53 Å². The van der Waals surface area contributed by atoms with E-state index in [1.165, 1.54) is 18.2 Å². The first kappa shape index (κ1) is 20.8. The van der Waals surface area contributed by atoms with Gasteiger partial charge in [0.15, 0.2) is 0 Å². The van der Waals surface area contributed by atoms with E-state index in [2.05, 4.69) is 54.4 Å². The number of rotatable bonds is 8. The van der Waals surface area contributed by atoms with Crippen LogP contribution >= 0.6 is 0 Å². The van der Waals surface area contributed by atoms with Crippen LogP contribution in [0.25, 0.3) is 22.0 Å². The van der Waals surface area contributed by atoms with Gasteiger partial charge in [-0.2, -0.15) is 0 Å². The van der Waals surface area contributed by atoms with Gasteiger partial charge in [0.2, 0.25) is 5.88 Å². The fraction of sp³-hybridized carbons (Fsp3) is 0.360. The zero-order valence-electron chi connectivity index (χ0n) is 17.7. The van der Waals surface area contributed by atoms with Gasteiger partial charge in [0.05, 0.1) is 24.6 Å². The number of esters is 1. The van der Waals surface area contributed by atoms with Gasteiger partial charge in [-0.25, -0.2) is 4.98 Å². The van der Waals surface area contributed by atoms with Crippen molar-refractivity contribution in [3.05, 3.63) is 60.2 Å². The zero-order chi connectivity index (χ0) is 20.9. The standard InChI is InChI=1S/C25H29NO3/c1-18-9-5-6-10-21(18)20-12-11-19-13-14-23(26-22(19)17-20)29-16-8-7-15-25(2,3)24(27)28-4/h5-6,9-14,17H,7-8,15-16H2,1-4H3. The highest BCUT2D eigenvalue weighted by Crippen LogP contribution is 2.28. The Balaban J connectivity index is 1.62. The number of hydrogen-bond acceptors (Lipinski definition) is 4. The van der Waals surface area contributed by atoms with Crippen molar-refractivity contribution in [1.29, 1.82) is 0 Å². The fourth-order valence-corrected chi connectivity index (χ4v) is 3.47. The lowest BCUT2D eigenvalue weighted by Gasteiger charge is -2.20. The third-order valence-corrected chi connectivity index (χ3v) is 5.31. The lowest BCUT2D eigenvalue weighted by Crippen LogP contribution is -2.25. The molecule has 2 aromatic carbocycles. The molecule has 4 nitrogen and oxygen atoms in total. The number of aryl methyl sites for hydroxylation is 1. The Bertz CT molecular complexity index is 994. The van der Waals surface area contributed by atoms with Crippen LogP contribution in [0.1, 0.15) is 38.7 Å². The summed E-state index contributed by atoms with van der Waals surface area (Å²) in [6.07, 6.45) is 2.53. The number of hydrogen-bond donors (Lipinski definition) is 0. The lowest BCUT2D eigenvalue weighted by atomic mass is 9.87. The molecule has 0 aliphatic heterocycles. The molecule has 0 atom stereocenters. The molecule has 0 saturated carbocycles. The molecular weight excluding hydrogens is 362 g/mol. The molecule has 3 aromatic rings. The Labute approximate surface area is 172 Å². The van der Waals surface area contributed by atoms with Crippen LogP contribution < -0.4 is 4.74 Å². The molecule has 0 bridgehead atoms. The monoisotopic (exact) mass is 391 g/mol. The Hall–Kier alpha value is -2.88. The molecule has 152 valence electrons. The van der Waals surface area contributed by atoms with Gasteiger partial charge >= 0.3 is 5.97 Å². The number of aromatic nitrogens is 1. The summed E-state index contributed by atoms with van der Waals surface area (Å²) in [5.41, 5.74) is 4.09. The van der Waals surface area contributed by atoms with Gasteiger partial charge in [0.1, 0.15) is 0 Å². The van der Waals surface area contributed by atoms with Crippen molar-refractivity contribution in [2.45, 2.75) is 40.0 Å². The van der Waals surface area contributed by atoms with Crippen molar-refractivity contribution in [3.63, 3.8) is 0 Å². The van der Waals surface area contributed by atoms with Crippen LogP contribution in [0.4, 0.5) is 0 Å². The molecule has 0 fully saturated rings. The first-order valence-electron chi connectivity index (χ1n) is 10.1. The quantitative estimate of drug-likeness (QED) is 0.351.